The van der Waals surface area contributed by atoms with Gasteiger partial charge in [-0.1, -0.05) is 41.5 Å². The van der Waals surface area contributed by atoms with Gasteiger partial charge in [0.2, 0.25) is 5.91 Å². The van der Waals surface area contributed by atoms with Crippen molar-refractivity contribution in [3.8, 4) is 16.9 Å². The van der Waals surface area contributed by atoms with Gasteiger partial charge in [-0.3, -0.25) is 4.79 Å². The van der Waals surface area contributed by atoms with E-state index in [1.54, 1.807) is 19.9 Å². The Balaban J connectivity index is 2.03. The first-order valence-corrected chi connectivity index (χ1v) is 12.8. The van der Waals surface area contributed by atoms with Gasteiger partial charge in [0.25, 0.3) is 0 Å². The molecule has 1 aliphatic rings. The first-order valence-electron chi connectivity index (χ1n) is 12.4. The number of rotatable bonds is 13. The molecule has 4 N–H and O–H groups in total. The van der Waals surface area contributed by atoms with Crippen LogP contribution in [0.5, 0.6) is 5.75 Å². The van der Waals surface area contributed by atoms with E-state index in [-0.39, 0.29) is 36.0 Å². The molecule has 0 saturated carbocycles. The molecule has 0 heterocycles. The second-order valence-electron chi connectivity index (χ2n) is 9.77. The van der Waals surface area contributed by atoms with Crippen molar-refractivity contribution in [2.45, 2.75) is 44.6 Å². The van der Waals surface area contributed by atoms with Crippen LogP contribution in [0.1, 0.15) is 54.9 Å². The summed E-state index contributed by atoms with van der Waals surface area (Å²) in [4.78, 5) is 12.3. The molecule has 1 aliphatic carbocycles. The molecule has 37 heavy (non-hydrogen) atoms. The summed E-state index contributed by atoms with van der Waals surface area (Å²) in [7, 11) is 1.53. The van der Waals surface area contributed by atoms with Gasteiger partial charge in [0.15, 0.2) is 11.6 Å². The second kappa shape index (κ2) is 13.2. The van der Waals surface area contributed by atoms with Crippen molar-refractivity contribution in [1.29, 1.82) is 0 Å². The summed E-state index contributed by atoms with van der Waals surface area (Å²) in [5.41, 5.74) is 7.43. The number of aliphatic hydroxyl groups is 1. The number of carbonyl (C=O) groups excluding carboxylic acids is 1. The molecule has 1 amide bonds. The minimum Gasteiger partial charge on any atom is -0.488 e. The summed E-state index contributed by atoms with van der Waals surface area (Å²) in [5, 5.41) is 13.8. The van der Waals surface area contributed by atoms with Crippen LogP contribution in [-0.4, -0.2) is 50.0 Å². The van der Waals surface area contributed by atoms with Gasteiger partial charge in [-0.15, -0.1) is 0 Å². The molecule has 0 radical (unpaired) electrons. The average Bonchev–Trinajstić information content (AvgIpc) is 2.85. The van der Waals surface area contributed by atoms with Gasteiger partial charge < -0.3 is 25.6 Å². The van der Waals surface area contributed by atoms with Gasteiger partial charge in [-0.25, -0.2) is 4.39 Å². The number of hydrogen-bond acceptors (Lipinski definition) is 5. The van der Waals surface area contributed by atoms with Crippen molar-refractivity contribution in [2.24, 2.45) is 5.73 Å². The maximum atomic E-state index is 15.7. The predicted octanol–water partition coefficient (Wildman–Crippen LogP) is 5.38. The zero-order valence-corrected chi connectivity index (χ0v) is 22.4. The molecular formula is C29H36ClFN2O4. The highest BCUT2D eigenvalue weighted by Crippen LogP contribution is 2.40. The van der Waals surface area contributed by atoms with E-state index in [9.17, 15) is 9.90 Å². The average molecular weight is 531 g/mol. The summed E-state index contributed by atoms with van der Waals surface area (Å²) in [6.07, 6.45) is 8.72. The van der Waals surface area contributed by atoms with Crippen LogP contribution in [0.25, 0.3) is 11.1 Å². The van der Waals surface area contributed by atoms with E-state index in [0.717, 1.165) is 18.4 Å². The number of primary amides is 1. The third kappa shape index (κ3) is 7.89. The summed E-state index contributed by atoms with van der Waals surface area (Å²) in [6.45, 7) is 5.27. The van der Waals surface area contributed by atoms with Crippen LogP contribution in [0.2, 0.25) is 5.02 Å². The lowest BCUT2D eigenvalue weighted by Gasteiger charge is -2.25. The number of hydrogen-bond donors (Lipinski definition) is 3. The quantitative estimate of drug-likeness (QED) is 0.302. The fourth-order valence-electron chi connectivity index (χ4n) is 4.34. The Labute approximate surface area is 223 Å². The largest absolute Gasteiger partial charge is 0.488 e. The number of nitrogens with two attached hydrogens (primary N) is 1. The maximum Gasteiger partial charge on any atom is 0.249 e. The maximum absolute atomic E-state index is 15.7. The topological polar surface area (TPSA) is 93.8 Å². The molecule has 1 atom stereocenters. The molecule has 0 aromatic heterocycles. The Morgan fingerprint density at radius 3 is 2.70 bits per heavy atom. The fraction of sp³-hybridized carbons (Fsp3) is 0.414. The van der Waals surface area contributed by atoms with Crippen LogP contribution >= 0.6 is 11.6 Å². The van der Waals surface area contributed by atoms with Crippen molar-refractivity contribution in [3.63, 3.8) is 0 Å². The van der Waals surface area contributed by atoms with E-state index in [4.69, 9.17) is 26.8 Å². The Kier molecular flexibility index (Phi) is 10.3. The molecule has 6 nitrogen and oxygen atoms in total. The molecule has 200 valence electrons. The van der Waals surface area contributed by atoms with Crippen LogP contribution in [0.4, 0.5) is 4.39 Å². The van der Waals surface area contributed by atoms with Gasteiger partial charge in [-0.05, 0) is 69.5 Å². The molecule has 3 rings (SSSR count). The Hall–Kier alpha value is -2.71. The molecule has 1 unspecified atom stereocenters. The van der Waals surface area contributed by atoms with E-state index < -0.39 is 17.3 Å². The number of benzene rings is 2. The van der Waals surface area contributed by atoms with Crippen molar-refractivity contribution in [1.82, 2.24) is 5.32 Å². The van der Waals surface area contributed by atoms with E-state index in [1.807, 2.05) is 18.2 Å². The summed E-state index contributed by atoms with van der Waals surface area (Å²) in [6, 6.07) is 8.32. The lowest BCUT2D eigenvalue weighted by Crippen LogP contribution is -2.30. The van der Waals surface area contributed by atoms with Crippen LogP contribution in [0, 0.1) is 5.82 Å². The van der Waals surface area contributed by atoms with E-state index >= 15 is 4.39 Å². The van der Waals surface area contributed by atoms with Crippen LogP contribution in [0.15, 0.2) is 54.1 Å². The monoisotopic (exact) mass is 530 g/mol. The van der Waals surface area contributed by atoms with Crippen molar-refractivity contribution in [3.05, 3.63) is 76.1 Å². The van der Waals surface area contributed by atoms with E-state index in [1.165, 1.54) is 24.8 Å². The molecule has 0 spiro atoms. The van der Waals surface area contributed by atoms with Gasteiger partial charge in [-0.2, -0.15) is 0 Å². The number of allylic oxidation sites excluding steroid dienone is 3. The van der Waals surface area contributed by atoms with Gasteiger partial charge >= 0.3 is 0 Å². The van der Waals surface area contributed by atoms with Gasteiger partial charge in [0.1, 0.15) is 6.61 Å². The number of halogens is 2. The lowest BCUT2D eigenvalue weighted by molar-refractivity contribution is 0.0712. The molecule has 0 aliphatic heterocycles. The van der Waals surface area contributed by atoms with Crippen LogP contribution < -0.4 is 15.8 Å². The minimum atomic E-state index is -0.762. The van der Waals surface area contributed by atoms with Gasteiger partial charge in [0, 0.05) is 35.7 Å². The molecule has 0 saturated heterocycles. The second-order valence-corrected chi connectivity index (χ2v) is 10.2. The molecule has 2 aromatic rings. The number of amides is 1. The minimum absolute atomic E-state index is 0.0102. The zero-order valence-electron chi connectivity index (χ0n) is 21.7. The van der Waals surface area contributed by atoms with Gasteiger partial charge in [0.05, 0.1) is 17.8 Å². The van der Waals surface area contributed by atoms with Crippen LogP contribution in [0.3, 0.4) is 0 Å². The first-order chi connectivity index (χ1) is 17.6. The van der Waals surface area contributed by atoms with Crippen molar-refractivity contribution in [2.75, 3.05) is 33.4 Å². The SMILES string of the molecule is COCCOc1ccc(C(N)=O)c(-c2cc(C(CNCCC(C)(C)O)C3=CC=CCC3)ccc2Cl)c1F. The number of carbonyl (C=O) groups is 1. The molecule has 0 bridgehead atoms. The highest BCUT2D eigenvalue weighted by molar-refractivity contribution is 6.33. The van der Waals surface area contributed by atoms with E-state index in [0.29, 0.717) is 30.1 Å². The molecule has 2 aromatic carbocycles. The Morgan fingerprint density at radius 2 is 2.05 bits per heavy atom. The lowest BCUT2D eigenvalue weighted by atomic mass is 9.84. The van der Waals surface area contributed by atoms with Crippen molar-refractivity contribution < 1.29 is 23.8 Å². The smallest absolute Gasteiger partial charge is 0.249 e. The summed E-state index contributed by atoms with van der Waals surface area (Å²) < 4.78 is 26.3. The number of ether oxygens (including phenoxy) is 2. The first kappa shape index (κ1) is 28.9. The third-order valence-corrected chi connectivity index (χ3v) is 6.66. The Bertz CT molecular complexity index is 1160. The standard InChI is InChI=1S/C29H36ClFN2O4/c1-29(2,35)13-14-33-18-23(19-7-5-4-6-8-19)20-9-11-24(30)22(17-20)26-21(28(32)34)10-12-25(27(26)31)37-16-15-36-3/h4-5,7,9-12,17,23,33,35H,6,8,13-16,18H2,1-3H3,(H2,32,34). The summed E-state index contributed by atoms with van der Waals surface area (Å²) >= 11 is 6.58. The highest BCUT2D eigenvalue weighted by atomic mass is 35.5. The highest BCUT2D eigenvalue weighted by Gasteiger charge is 2.24. The normalized spacial score (nSPS) is 14.4. The zero-order chi connectivity index (χ0) is 27.0. The Morgan fingerprint density at radius 1 is 1.27 bits per heavy atom. The molecule has 0 fully saturated rings. The van der Waals surface area contributed by atoms with Crippen molar-refractivity contribution >= 4 is 17.5 Å². The summed E-state index contributed by atoms with van der Waals surface area (Å²) in [5.74, 6) is -1.48. The number of nitrogens with one attached hydrogen (secondary N) is 1. The molecular weight excluding hydrogens is 495 g/mol. The van der Waals surface area contributed by atoms with Crippen LogP contribution in [-0.2, 0) is 4.74 Å². The van der Waals surface area contributed by atoms with E-state index in [2.05, 4.69) is 17.5 Å². The number of methoxy groups -OCH3 is 1. The predicted molar refractivity (Wildman–Crippen MR) is 146 cm³/mol. The third-order valence-electron chi connectivity index (χ3n) is 6.33. The molecule has 8 heteroatoms. The fourth-order valence-corrected chi connectivity index (χ4v) is 4.55.